The van der Waals surface area contributed by atoms with Gasteiger partial charge in [0.1, 0.15) is 18.3 Å². The molecule has 14 heteroatoms. The van der Waals surface area contributed by atoms with Crippen molar-refractivity contribution in [2.45, 2.75) is 31.1 Å². The molecular formula is C21H23N4O9P. The molecule has 1 fully saturated rings. The molecule has 0 radical (unpaired) electrons. The van der Waals surface area contributed by atoms with Gasteiger partial charge >= 0.3 is 13.5 Å². The first-order chi connectivity index (χ1) is 16.6. The second-order valence-corrected chi connectivity index (χ2v) is 9.03. The monoisotopic (exact) mass is 506 g/mol. The minimum Gasteiger partial charge on any atom is -0.387 e. The van der Waals surface area contributed by atoms with Crippen molar-refractivity contribution in [2.24, 2.45) is 0 Å². The summed E-state index contributed by atoms with van der Waals surface area (Å²) < 4.78 is 22.5. The fraction of sp³-hybridized carbons (Fsp3) is 0.286. The van der Waals surface area contributed by atoms with Crippen LogP contribution < -0.4 is 16.6 Å². The minimum atomic E-state index is -4.84. The van der Waals surface area contributed by atoms with E-state index in [2.05, 4.69) is 14.8 Å². The number of hydrogen-bond donors (Lipinski definition) is 5. The van der Waals surface area contributed by atoms with Gasteiger partial charge in [0.05, 0.1) is 18.8 Å². The fourth-order valence-corrected chi connectivity index (χ4v) is 3.97. The molecule has 13 nitrogen and oxygen atoms in total. The highest BCUT2D eigenvalue weighted by atomic mass is 31.2. The largest absolute Gasteiger partial charge is 0.469 e. The SMILES string of the molecule is O=c1ccn([C@@H]2O[C@H](COP(=O)(O)O)C(O)[C@@H]2O)c(=O)n1Cc1cc(Nc2ccccc2)ccn1. The maximum Gasteiger partial charge on any atom is 0.469 e. The van der Waals surface area contributed by atoms with Gasteiger partial charge in [0, 0.05) is 29.8 Å². The molecule has 4 rings (SSSR count). The zero-order valence-electron chi connectivity index (χ0n) is 18.1. The molecular weight excluding hydrogens is 483 g/mol. The molecule has 1 saturated heterocycles. The lowest BCUT2D eigenvalue weighted by Gasteiger charge is -2.19. The summed E-state index contributed by atoms with van der Waals surface area (Å²) in [5.41, 5.74) is 0.476. The Balaban J connectivity index is 1.56. The molecule has 3 heterocycles. The molecule has 3 aromatic rings. The maximum atomic E-state index is 13.1. The van der Waals surface area contributed by atoms with Crippen molar-refractivity contribution in [3.63, 3.8) is 0 Å². The zero-order chi connectivity index (χ0) is 25.2. The fourth-order valence-electron chi connectivity index (χ4n) is 3.63. The number of para-hydroxylation sites is 1. The number of phosphoric acid groups is 1. The van der Waals surface area contributed by atoms with E-state index < -0.39 is 50.2 Å². The van der Waals surface area contributed by atoms with Gasteiger partial charge in [-0.2, -0.15) is 0 Å². The Kier molecular flexibility index (Phi) is 7.28. The van der Waals surface area contributed by atoms with E-state index in [9.17, 15) is 24.4 Å². The molecule has 0 aliphatic carbocycles. The Morgan fingerprint density at radius 3 is 2.51 bits per heavy atom. The summed E-state index contributed by atoms with van der Waals surface area (Å²) in [6, 6.07) is 13.9. The highest BCUT2D eigenvalue weighted by Gasteiger charge is 2.45. The molecule has 1 unspecified atom stereocenters. The van der Waals surface area contributed by atoms with Gasteiger partial charge in [-0.25, -0.2) is 9.36 Å². The van der Waals surface area contributed by atoms with Crippen LogP contribution in [0.5, 0.6) is 0 Å². The number of aromatic nitrogens is 3. The number of nitrogens with zero attached hydrogens (tertiary/aromatic N) is 3. The Morgan fingerprint density at radius 2 is 1.80 bits per heavy atom. The highest BCUT2D eigenvalue weighted by Crippen LogP contribution is 2.38. The molecule has 1 aromatic carbocycles. The summed E-state index contributed by atoms with van der Waals surface area (Å²) in [5.74, 6) is 0. The topological polar surface area (TPSA) is 185 Å². The van der Waals surface area contributed by atoms with Crippen molar-refractivity contribution < 1.29 is 33.8 Å². The Hall–Kier alpha value is -3.16. The summed E-state index contributed by atoms with van der Waals surface area (Å²) in [6.07, 6.45) is -3.33. The van der Waals surface area contributed by atoms with Gasteiger partial charge in [0.25, 0.3) is 5.56 Å². The van der Waals surface area contributed by atoms with Crippen LogP contribution in [0.4, 0.5) is 11.4 Å². The Morgan fingerprint density at radius 1 is 1.06 bits per heavy atom. The number of phosphoric ester groups is 1. The molecule has 0 amide bonds. The van der Waals surface area contributed by atoms with E-state index in [1.807, 2.05) is 30.3 Å². The molecule has 1 aliphatic rings. The summed E-state index contributed by atoms with van der Waals surface area (Å²) in [6.45, 7) is -0.905. The summed E-state index contributed by atoms with van der Waals surface area (Å²) >= 11 is 0. The third-order valence-electron chi connectivity index (χ3n) is 5.31. The van der Waals surface area contributed by atoms with Crippen LogP contribution in [0.1, 0.15) is 11.9 Å². The molecule has 35 heavy (non-hydrogen) atoms. The second-order valence-electron chi connectivity index (χ2n) is 7.79. The highest BCUT2D eigenvalue weighted by molar-refractivity contribution is 7.46. The normalized spacial score (nSPS) is 22.3. The summed E-state index contributed by atoms with van der Waals surface area (Å²) in [5, 5.41) is 23.7. The molecule has 5 N–H and O–H groups in total. The molecule has 4 atom stereocenters. The number of aliphatic hydroxyl groups excluding tert-OH is 2. The van der Waals surface area contributed by atoms with Crippen LogP contribution in [0.15, 0.2) is 70.5 Å². The molecule has 0 spiro atoms. The average molecular weight is 506 g/mol. The lowest BCUT2D eigenvalue weighted by molar-refractivity contribution is -0.0548. The first-order valence-corrected chi connectivity index (χ1v) is 12.0. The Bertz CT molecular complexity index is 1340. The number of benzene rings is 1. The van der Waals surface area contributed by atoms with E-state index in [1.165, 1.54) is 6.20 Å². The smallest absolute Gasteiger partial charge is 0.387 e. The second kappa shape index (κ2) is 10.2. The molecule has 1 aliphatic heterocycles. The zero-order valence-corrected chi connectivity index (χ0v) is 19.0. The third kappa shape index (κ3) is 5.92. The average Bonchev–Trinajstić information content (AvgIpc) is 3.09. The quantitative estimate of drug-likeness (QED) is 0.258. The van der Waals surface area contributed by atoms with Crippen molar-refractivity contribution in [1.82, 2.24) is 14.1 Å². The Labute approximate surface area is 198 Å². The van der Waals surface area contributed by atoms with Gasteiger partial charge in [-0.1, -0.05) is 18.2 Å². The van der Waals surface area contributed by atoms with Gasteiger partial charge in [-0.15, -0.1) is 0 Å². The molecule has 0 saturated carbocycles. The van der Waals surface area contributed by atoms with E-state index in [0.29, 0.717) is 11.4 Å². The lowest BCUT2D eigenvalue weighted by atomic mass is 10.1. The van der Waals surface area contributed by atoms with Gasteiger partial charge < -0.3 is 30.1 Å². The predicted octanol–water partition coefficient (Wildman–Crippen LogP) is -0.0746. The molecule has 0 bridgehead atoms. The van der Waals surface area contributed by atoms with Crippen LogP contribution in [-0.4, -0.2) is 59.0 Å². The van der Waals surface area contributed by atoms with Crippen molar-refractivity contribution >= 4 is 19.2 Å². The van der Waals surface area contributed by atoms with Crippen LogP contribution in [0.25, 0.3) is 0 Å². The van der Waals surface area contributed by atoms with E-state index in [-0.39, 0.29) is 6.54 Å². The van der Waals surface area contributed by atoms with Crippen LogP contribution >= 0.6 is 7.82 Å². The van der Waals surface area contributed by atoms with Crippen molar-refractivity contribution in [3.05, 3.63) is 87.5 Å². The number of pyridine rings is 1. The number of anilines is 2. The first kappa shape index (κ1) is 24.9. The third-order valence-corrected chi connectivity index (χ3v) is 5.80. The van der Waals surface area contributed by atoms with Crippen LogP contribution in [-0.2, 0) is 20.4 Å². The number of hydrogen-bond acceptors (Lipinski definition) is 9. The maximum absolute atomic E-state index is 13.1. The van der Waals surface area contributed by atoms with Crippen molar-refractivity contribution in [2.75, 3.05) is 11.9 Å². The lowest BCUT2D eigenvalue weighted by Crippen LogP contribution is -2.43. The van der Waals surface area contributed by atoms with Crippen molar-refractivity contribution in [1.29, 1.82) is 0 Å². The van der Waals surface area contributed by atoms with Gasteiger partial charge in [-0.05, 0) is 24.3 Å². The van der Waals surface area contributed by atoms with Crippen LogP contribution in [0.3, 0.4) is 0 Å². The van der Waals surface area contributed by atoms with Gasteiger partial charge in [0.2, 0.25) is 0 Å². The number of aliphatic hydroxyl groups is 2. The van der Waals surface area contributed by atoms with Crippen molar-refractivity contribution in [3.8, 4) is 0 Å². The molecule has 2 aromatic heterocycles. The van der Waals surface area contributed by atoms with E-state index >= 15 is 0 Å². The summed E-state index contributed by atoms with van der Waals surface area (Å²) in [7, 11) is -4.84. The molecule has 186 valence electrons. The van der Waals surface area contributed by atoms with E-state index in [0.717, 1.165) is 27.1 Å². The summed E-state index contributed by atoms with van der Waals surface area (Å²) in [4.78, 5) is 47.5. The van der Waals surface area contributed by atoms with E-state index in [4.69, 9.17) is 14.5 Å². The number of ether oxygens (including phenoxy) is 1. The van der Waals surface area contributed by atoms with E-state index in [1.54, 1.807) is 12.1 Å². The van der Waals surface area contributed by atoms with Gasteiger partial charge in [-0.3, -0.25) is 23.4 Å². The van der Waals surface area contributed by atoms with Crippen LogP contribution in [0, 0.1) is 0 Å². The predicted molar refractivity (Wildman–Crippen MR) is 122 cm³/mol. The first-order valence-electron chi connectivity index (χ1n) is 10.4. The minimum absolute atomic E-state index is 0.182. The standard InChI is InChI=1S/C21H23N4O9P/c26-17-7-9-24(20-19(28)18(27)16(34-20)12-33-35(30,31)32)21(29)25(17)11-15-10-14(6-8-22-15)23-13-4-2-1-3-5-13/h1-10,16,18-20,27-28H,11-12H2,(H,22,23)(H2,30,31,32)/t16-,18?,19+,20-/m1/s1. The van der Waals surface area contributed by atoms with Crippen LogP contribution in [0.2, 0.25) is 0 Å². The van der Waals surface area contributed by atoms with Gasteiger partial charge in [0.15, 0.2) is 6.23 Å². The number of rotatable bonds is 8. The number of nitrogens with one attached hydrogen (secondary N) is 1.